The van der Waals surface area contributed by atoms with E-state index in [4.69, 9.17) is 0 Å². The molecule has 2 aromatic carbocycles. The molecule has 3 nitrogen and oxygen atoms in total. The molecule has 0 spiro atoms. The van der Waals surface area contributed by atoms with Gasteiger partial charge in [-0.05, 0) is 42.8 Å². The van der Waals surface area contributed by atoms with E-state index in [0.29, 0.717) is 31.1 Å². The Hall–Kier alpha value is -2.12. The average Bonchev–Trinajstić information content (AvgIpc) is 2.57. The molecule has 1 fully saturated rings. The first kappa shape index (κ1) is 20.2. The molecule has 1 saturated heterocycles. The lowest BCUT2D eigenvalue weighted by molar-refractivity contribution is 0.0923. The molecule has 140 valence electrons. The van der Waals surface area contributed by atoms with Gasteiger partial charge in [0.05, 0.1) is 0 Å². The van der Waals surface area contributed by atoms with Crippen molar-refractivity contribution in [3.63, 3.8) is 0 Å². The standard InChI is InChI=1S/C18H16F4N2O.ClH/c19-12-5-11(6-13(20)8-12)18(25)24-17-9-23-4-3-14(17)10-1-2-15(21)16(22)7-10;/h1-2,5-8,14,17,23H,3-4,9H2,(H,24,25);1H. The number of halogens is 5. The Labute approximate surface area is 154 Å². The molecule has 0 radical (unpaired) electrons. The molecule has 0 bridgehead atoms. The van der Waals surface area contributed by atoms with E-state index in [-0.39, 0.29) is 23.9 Å². The number of hydrogen-bond donors (Lipinski definition) is 2. The molecule has 1 aliphatic rings. The Kier molecular flexibility index (Phi) is 6.61. The molecule has 26 heavy (non-hydrogen) atoms. The van der Waals surface area contributed by atoms with Crippen molar-refractivity contribution in [1.82, 2.24) is 10.6 Å². The third kappa shape index (κ3) is 4.53. The summed E-state index contributed by atoms with van der Waals surface area (Å²) >= 11 is 0. The zero-order valence-electron chi connectivity index (χ0n) is 13.6. The minimum Gasteiger partial charge on any atom is -0.347 e. The van der Waals surface area contributed by atoms with Crippen LogP contribution in [0.2, 0.25) is 0 Å². The van der Waals surface area contributed by atoms with Crippen LogP contribution in [0.25, 0.3) is 0 Å². The fraction of sp³-hybridized carbons (Fsp3) is 0.278. The van der Waals surface area contributed by atoms with Crippen molar-refractivity contribution in [3.8, 4) is 0 Å². The maximum absolute atomic E-state index is 13.5. The molecule has 1 amide bonds. The normalized spacial score (nSPS) is 19.5. The summed E-state index contributed by atoms with van der Waals surface area (Å²) in [5.41, 5.74) is 0.434. The molecule has 2 N–H and O–H groups in total. The van der Waals surface area contributed by atoms with Crippen LogP contribution in [0.4, 0.5) is 17.6 Å². The van der Waals surface area contributed by atoms with Gasteiger partial charge in [-0.3, -0.25) is 4.79 Å². The molecule has 2 aromatic rings. The third-order valence-corrected chi connectivity index (χ3v) is 4.30. The first-order valence-corrected chi connectivity index (χ1v) is 7.86. The highest BCUT2D eigenvalue weighted by molar-refractivity contribution is 5.94. The van der Waals surface area contributed by atoms with E-state index in [1.807, 2.05) is 0 Å². The van der Waals surface area contributed by atoms with Gasteiger partial charge in [-0.1, -0.05) is 6.07 Å². The molecular formula is C18H17ClF4N2O. The van der Waals surface area contributed by atoms with Crippen LogP contribution in [0.3, 0.4) is 0 Å². The van der Waals surface area contributed by atoms with E-state index in [0.717, 1.165) is 24.3 Å². The second kappa shape index (κ2) is 8.51. The maximum Gasteiger partial charge on any atom is 0.251 e. The summed E-state index contributed by atoms with van der Waals surface area (Å²) < 4.78 is 53.2. The number of amides is 1. The monoisotopic (exact) mass is 388 g/mol. The lowest BCUT2D eigenvalue weighted by atomic mass is 9.85. The van der Waals surface area contributed by atoms with Crippen molar-refractivity contribution >= 4 is 18.3 Å². The predicted molar refractivity (Wildman–Crippen MR) is 91.4 cm³/mol. The summed E-state index contributed by atoms with van der Waals surface area (Å²) in [5.74, 6) is -4.44. The lowest BCUT2D eigenvalue weighted by Gasteiger charge is -2.33. The predicted octanol–water partition coefficient (Wildman–Crippen LogP) is 3.54. The van der Waals surface area contributed by atoms with Crippen molar-refractivity contribution in [2.45, 2.75) is 18.4 Å². The van der Waals surface area contributed by atoms with Gasteiger partial charge < -0.3 is 10.6 Å². The Morgan fingerprint density at radius 1 is 1.00 bits per heavy atom. The van der Waals surface area contributed by atoms with Gasteiger partial charge >= 0.3 is 0 Å². The second-order valence-electron chi connectivity index (χ2n) is 6.01. The molecule has 8 heteroatoms. The van der Waals surface area contributed by atoms with Crippen LogP contribution in [-0.4, -0.2) is 25.0 Å². The summed E-state index contributed by atoms with van der Waals surface area (Å²) in [4.78, 5) is 12.3. The summed E-state index contributed by atoms with van der Waals surface area (Å²) in [6.07, 6.45) is 0.605. The van der Waals surface area contributed by atoms with Crippen molar-refractivity contribution in [1.29, 1.82) is 0 Å². The van der Waals surface area contributed by atoms with E-state index >= 15 is 0 Å². The van der Waals surface area contributed by atoms with Crippen LogP contribution >= 0.6 is 12.4 Å². The van der Waals surface area contributed by atoms with Crippen LogP contribution in [0.5, 0.6) is 0 Å². The number of carbonyl (C=O) groups excluding carboxylic acids is 1. The number of rotatable bonds is 3. The molecule has 1 aliphatic heterocycles. The fourth-order valence-corrected chi connectivity index (χ4v) is 3.09. The average molecular weight is 389 g/mol. The van der Waals surface area contributed by atoms with E-state index < -0.39 is 35.2 Å². The summed E-state index contributed by atoms with van der Waals surface area (Å²) in [6, 6.07) is 5.80. The van der Waals surface area contributed by atoms with Crippen molar-refractivity contribution < 1.29 is 22.4 Å². The molecule has 0 saturated carbocycles. The second-order valence-corrected chi connectivity index (χ2v) is 6.01. The van der Waals surface area contributed by atoms with E-state index in [2.05, 4.69) is 10.6 Å². The van der Waals surface area contributed by atoms with Crippen molar-refractivity contribution in [2.24, 2.45) is 0 Å². The number of benzene rings is 2. The van der Waals surface area contributed by atoms with E-state index in [1.54, 1.807) is 0 Å². The molecule has 2 atom stereocenters. The topological polar surface area (TPSA) is 41.1 Å². The van der Waals surface area contributed by atoms with Gasteiger partial charge in [0.15, 0.2) is 11.6 Å². The minimum atomic E-state index is -0.951. The Balaban J connectivity index is 0.00000243. The maximum atomic E-state index is 13.5. The highest BCUT2D eigenvalue weighted by Gasteiger charge is 2.28. The molecule has 0 aliphatic carbocycles. The van der Waals surface area contributed by atoms with Crippen LogP contribution < -0.4 is 10.6 Å². The third-order valence-electron chi connectivity index (χ3n) is 4.30. The van der Waals surface area contributed by atoms with Gasteiger partial charge in [-0.2, -0.15) is 0 Å². The van der Waals surface area contributed by atoms with Crippen molar-refractivity contribution in [3.05, 3.63) is 70.8 Å². The zero-order valence-corrected chi connectivity index (χ0v) is 14.4. The smallest absolute Gasteiger partial charge is 0.251 e. The Bertz CT molecular complexity index is 783. The van der Waals surface area contributed by atoms with Gasteiger partial charge in [-0.25, -0.2) is 17.6 Å². The van der Waals surface area contributed by atoms with Gasteiger partial charge in [-0.15, -0.1) is 12.4 Å². The quantitative estimate of drug-likeness (QED) is 0.790. The van der Waals surface area contributed by atoms with Crippen LogP contribution in [-0.2, 0) is 0 Å². The van der Waals surface area contributed by atoms with E-state index in [1.165, 1.54) is 6.07 Å². The van der Waals surface area contributed by atoms with Gasteiger partial charge in [0.2, 0.25) is 0 Å². The molecule has 1 heterocycles. The van der Waals surface area contributed by atoms with Crippen LogP contribution in [0, 0.1) is 23.3 Å². The molecule has 2 unspecified atom stereocenters. The summed E-state index contributed by atoms with van der Waals surface area (Å²) in [7, 11) is 0. The van der Waals surface area contributed by atoms with Gasteiger partial charge in [0.25, 0.3) is 5.91 Å². The van der Waals surface area contributed by atoms with Crippen molar-refractivity contribution in [2.75, 3.05) is 13.1 Å². The molecular weight excluding hydrogens is 372 g/mol. The van der Waals surface area contributed by atoms with Crippen LogP contribution in [0.1, 0.15) is 28.3 Å². The zero-order chi connectivity index (χ0) is 18.0. The highest BCUT2D eigenvalue weighted by Crippen LogP contribution is 2.27. The SMILES string of the molecule is Cl.O=C(NC1CNCCC1c1ccc(F)c(F)c1)c1cc(F)cc(F)c1. The lowest BCUT2D eigenvalue weighted by Crippen LogP contribution is -2.50. The number of nitrogens with one attached hydrogen (secondary N) is 2. The largest absolute Gasteiger partial charge is 0.347 e. The fourth-order valence-electron chi connectivity index (χ4n) is 3.09. The van der Waals surface area contributed by atoms with Gasteiger partial charge in [0, 0.05) is 30.1 Å². The molecule has 3 rings (SSSR count). The minimum absolute atomic E-state index is 0. The molecule has 0 aromatic heterocycles. The Morgan fingerprint density at radius 2 is 1.69 bits per heavy atom. The number of carbonyl (C=O) groups is 1. The summed E-state index contributed by atoms with van der Waals surface area (Å²) in [6.45, 7) is 1.07. The van der Waals surface area contributed by atoms with E-state index in [9.17, 15) is 22.4 Å². The summed E-state index contributed by atoms with van der Waals surface area (Å²) in [5, 5.41) is 5.83. The first-order chi connectivity index (χ1) is 11.9. The number of piperidine rings is 1. The first-order valence-electron chi connectivity index (χ1n) is 7.86. The number of hydrogen-bond acceptors (Lipinski definition) is 2. The van der Waals surface area contributed by atoms with Gasteiger partial charge in [0.1, 0.15) is 11.6 Å². The van der Waals surface area contributed by atoms with Crippen LogP contribution in [0.15, 0.2) is 36.4 Å². The highest BCUT2D eigenvalue weighted by atomic mass is 35.5. The Morgan fingerprint density at radius 3 is 2.35 bits per heavy atom.